The van der Waals surface area contributed by atoms with E-state index in [9.17, 15) is 4.79 Å². The Kier molecular flexibility index (Phi) is 3.39. The van der Waals surface area contributed by atoms with Crippen LogP contribution in [0.5, 0.6) is 0 Å². The van der Waals surface area contributed by atoms with E-state index in [1.807, 2.05) is 18.2 Å². The summed E-state index contributed by atoms with van der Waals surface area (Å²) in [5.74, 6) is 0.368. The largest absolute Gasteiger partial charge is 0.321 e. The molecule has 0 bridgehead atoms. The lowest BCUT2D eigenvalue weighted by Crippen LogP contribution is -2.30. The molecule has 16 heavy (non-hydrogen) atoms. The molecule has 2 nitrogen and oxygen atoms in total. The Morgan fingerprint density at radius 2 is 2.00 bits per heavy atom. The summed E-state index contributed by atoms with van der Waals surface area (Å²) in [5, 5.41) is 0. The van der Waals surface area contributed by atoms with Crippen molar-refractivity contribution in [3.05, 3.63) is 35.4 Å². The summed E-state index contributed by atoms with van der Waals surface area (Å²) in [7, 11) is 0. The van der Waals surface area contributed by atoms with Gasteiger partial charge in [-0.15, -0.1) is 0 Å². The Morgan fingerprint density at radius 1 is 1.25 bits per heavy atom. The molecule has 0 fully saturated rings. The molecule has 86 valence electrons. The highest BCUT2D eigenvalue weighted by Gasteiger charge is 2.36. The Morgan fingerprint density at radius 3 is 2.75 bits per heavy atom. The molecule has 0 heterocycles. The highest BCUT2D eigenvalue weighted by Crippen LogP contribution is 2.35. The minimum absolute atomic E-state index is 0.122. The highest BCUT2D eigenvalue weighted by molar-refractivity contribution is 6.05. The second kappa shape index (κ2) is 4.79. The van der Waals surface area contributed by atoms with E-state index in [0.717, 1.165) is 24.0 Å². The molecule has 1 aliphatic rings. The van der Waals surface area contributed by atoms with E-state index in [1.165, 1.54) is 12.8 Å². The second-order valence-electron chi connectivity index (χ2n) is 4.58. The molecule has 2 rings (SSSR count). The third kappa shape index (κ3) is 1.90. The number of hydrogen-bond donors (Lipinski definition) is 1. The SMILES string of the molecule is CCCCCC1c2ccccc2C(=O)C1N. The normalized spacial score (nSPS) is 23.5. The van der Waals surface area contributed by atoms with Gasteiger partial charge in [-0.1, -0.05) is 50.5 Å². The number of Topliss-reactive ketones (excluding diaryl/α,β-unsaturated/α-hetero) is 1. The fraction of sp³-hybridized carbons (Fsp3) is 0.500. The lowest BCUT2D eigenvalue weighted by atomic mass is 9.92. The van der Waals surface area contributed by atoms with Gasteiger partial charge >= 0.3 is 0 Å². The number of fused-ring (bicyclic) bond motifs is 1. The molecule has 1 aliphatic carbocycles. The van der Waals surface area contributed by atoms with Crippen molar-refractivity contribution in [1.82, 2.24) is 0 Å². The van der Waals surface area contributed by atoms with E-state index >= 15 is 0 Å². The molecule has 0 amide bonds. The zero-order valence-electron chi connectivity index (χ0n) is 9.78. The van der Waals surface area contributed by atoms with Gasteiger partial charge in [0.15, 0.2) is 5.78 Å². The summed E-state index contributed by atoms with van der Waals surface area (Å²) in [4.78, 5) is 11.9. The van der Waals surface area contributed by atoms with E-state index in [2.05, 4.69) is 13.0 Å². The van der Waals surface area contributed by atoms with Crippen molar-refractivity contribution in [2.45, 2.75) is 44.6 Å². The number of rotatable bonds is 4. The first-order valence-corrected chi connectivity index (χ1v) is 6.14. The van der Waals surface area contributed by atoms with E-state index < -0.39 is 0 Å². The van der Waals surface area contributed by atoms with Gasteiger partial charge in [-0.2, -0.15) is 0 Å². The lowest BCUT2D eigenvalue weighted by molar-refractivity contribution is 0.0965. The molecule has 0 aromatic heterocycles. The maximum Gasteiger partial charge on any atom is 0.180 e. The number of ketones is 1. The summed E-state index contributed by atoms with van der Waals surface area (Å²) in [6, 6.07) is 7.55. The molecule has 2 heteroatoms. The van der Waals surface area contributed by atoms with Crippen LogP contribution >= 0.6 is 0 Å². The third-order valence-electron chi connectivity index (χ3n) is 3.48. The Hall–Kier alpha value is -1.15. The molecule has 0 saturated heterocycles. The van der Waals surface area contributed by atoms with Gasteiger partial charge in [0.2, 0.25) is 0 Å². The number of unbranched alkanes of at least 4 members (excludes halogenated alkanes) is 2. The van der Waals surface area contributed by atoms with Gasteiger partial charge in [-0.05, 0) is 12.0 Å². The highest BCUT2D eigenvalue weighted by atomic mass is 16.1. The summed E-state index contributed by atoms with van der Waals surface area (Å²) in [6.45, 7) is 2.19. The molecule has 0 saturated carbocycles. The summed E-state index contributed by atoms with van der Waals surface area (Å²) < 4.78 is 0. The molecular formula is C14H19NO. The average Bonchev–Trinajstić information content (AvgIpc) is 2.55. The predicted octanol–water partition coefficient (Wildman–Crippen LogP) is 2.87. The molecule has 2 N–H and O–H groups in total. The van der Waals surface area contributed by atoms with Crippen LogP contribution in [0.4, 0.5) is 0 Å². The van der Waals surface area contributed by atoms with E-state index in [0.29, 0.717) is 0 Å². The van der Waals surface area contributed by atoms with Crippen LogP contribution in [0.3, 0.4) is 0 Å². The topological polar surface area (TPSA) is 43.1 Å². The molecule has 2 unspecified atom stereocenters. The first-order valence-electron chi connectivity index (χ1n) is 6.14. The van der Waals surface area contributed by atoms with Crippen molar-refractivity contribution in [2.75, 3.05) is 0 Å². The maximum absolute atomic E-state index is 11.9. The van der Waals surface area contributed by atoms with Crippen LogP contribution in [0.1, 0.15) is 54.4 Å². The lowest BCUT2D eigenvalue weighted by Gasteiger charge is -2.14. The summed E-state index contributed by atoms with van der Waals surface area (Å²) >= 11 is 0. The molecule has 1 aromatic rings. The first kappa shape index (κ1) is 11.3. The number of benzene rings is 1. The van der Waals surface area contributed by atoms with Crippen LogP contribution in [0.15, 0.2) is 24.3 Å². The number of hydrogen-bond acceptors (Lipinski definition) is 2. The Bertz CT molecular complexity index is 386. The molecule has 0 aliphatic heterocycles. The van der Waals surface area contributed by atoms with Gasteiger partial charge < -0.3 is 5.73 Å². The van der Waals surface area contributed by atoms with Crippen molar-refractivity contribution in [2.24, 2.45) is 5.73 Å². The van der Waals surface area contributed by atoms with Crippen LogP contribution in [0.25, 0.3) is 0 Å². The molecule has 2 atom stereocenters. The Balaban J connectivity index is 2.17. The predicted molar refractivity (Wildman–Crippen MR) is 65.6 cm³/mol. The zero-order chi connectivity index (χ0) is 11.5. The standard InChI is InChI=1S/C14H19NO/c1-2-3-4-8-11-10-7-5-6-9-12(10)14(16)13(11)15/h5-7,9,11,13H,2-4,8,15H2,1H3. The number of carbonyl (C=O) groups is 1. The van der Waals surface area contributed by atoms with Crippen LogP contribution in [0.2, 0.25) is 0 Å². The fourth-order valence-corrected chi connectivity index (χ4v) is 2.55. The number of carbonyl (C=O) groups excluding carboxylic acids is 1. The van der Waals surface area contributed by atoms with E-state index in [1.54, 1.807) is 0 Å². The van der Waals surface area contributed by atoms with Crippen molar-refractivity contribution in [3.63, 3.8) is 0 Å². The third-order valence-corrected chi connectivity index (χ3v) is 3.48. The van der Waals surface area contributed by atoms with Crippen LogP contribution < -0.4 is 5.73 Å². The molecular weight excluding hydrogens is 198 g/mol. The first-order chi connectivity index (χ1) is 7.75. The summed E-state index contributed by atoms with van der Waals surface area (Å²) in [6.07, 6.45) is 4.63. The van der Waals surface area contributed by atoms with Crippen LogP contribution in [-0.4, -0.2) is 11.8 Å². The minimum Gasteiger partial charge on any atom is -0.321 e. The van der Waals surface area contributed by atoms with E-state index in [-0.39, 0.29) is 17.7 Å². The molecule has 0 radical (unpaired) electrons. The van der Waals surface area contributed by atoms with Gasteiger partial charge in [0.25, 0.3) is 0 Å². The van der Waals surface area contributed by atoms with Gasteiger partial charge in [0.1, 0.15) is 0 Å². The van der Waals surface area contributed by atoms with Crippen LogP contribution in [-0.2, 0) is 0 Å². The second-order valence-corrected chi connectivity index (χ2v) is 4.58. The monoisotopic (exact) mass is 217 g/mol. The van der Waals surface area contributed by atoms with Crippen molar-refractivity contribution < 1.29 is 4.79 Å². The average molecular weight is 217 g/mol. The fourth-order valence-electron chi connectivity index (χ4n) is 2.55. The quantitative estimate of drug-likeness (QED) is 0.788. The van der Waals surface area contributed by atoms with Gasteiger partial charge in [-0.3, -0.25) is 4.79 Å². The Labute approximate surface area is 96.8 Å². The van der Waals surface area contributed by atoms with Crippen LogP contribution in [0, 0.1) is 0 Å². The minimum atomic E-state index is -0.311. The number of nitrogens with two attached hydrogens (primary N) is 1. The van der Waals surface area contributed by atoms with Gasteiger partial charge in [0.05, 0.1) is 6.04 Å². The van der Waals surface area contributed by atoms with Crippen molar-refractivity contribution in [3.8, 4) is 0 Å². The van der Waals surface area contributed by atoms with Crippen molar-refractivity contribution >= 4 is 5.78 Å². The van der Waals surface area contributed by atoms with Gasteiger partial charge in [-0.25, -0.2) is 0 Å². The van der Waals surface area contributed by atoms with Crippen molar-refractivity contribution in [1.29, 1.82) is 0 Å². The smallest absolute Gasteiger partial charge is 0.180 e. The maximum atomic E-state index is 11.9. The van der Waals surface area contributed by atoms with E-state index in [4.69, 9.17) is 5.73 Å². The molecule has 1 aromatic carbocycles. The van der Waals surface area contributed by atoms with Gasteiger partial charge in [0, 0.05) is 11.5 Å². The molecule has 0 spiro atoms. The zero-order valence-corrected chi connectivity index (χ0v) is 9.78. The summed E-state index contributed by atoms with van der Waals surface area (Å²) in [5.41, 5.74) is 8.01.